The fraction of sp³-hybridized carbons (Fsp3) is 0.462. The van der Waals surface area contributed by atoms with Crippen LogP contribution in [0.1, 0.15) is 25.0 Å². The molecule has 0 aliphatic heterocycles. The summed E-state index contributed by atoms with van der Waals surface area (Å²) in [6.45, 7) is 5.43. The highest BCUT2D eigenvalue weighted by molar-refractivity contribution is 8.00. The number of methoxy groups -OCH3 is 1. The molecule has 1 aromatic rings. The molecule has 0 aromatic heterocycles. The van der Waals surface area contributed by atoms with E-state index in [1.54, 1.807) is 21.0 Å². The molecular weight excluding hydrogens is 236 g/mol. The molecule has 17 heavy (non-hydrogen) atoms. The number of thioether (sulfide) groups is 1. The summed E-state index contributed by atoms with van der Waals surface area (Å²) in [6.07, 6.45) is 0. The Kier molecular flexibility index (Phi) is 4.46. The van der Waals surface area contributed by atoms with Gasteiger partial charge < -0.3 is 9.84 Å². The highest BCUT2D eigenvalue weighted by Crippen LogP contribution is 2.32. The molecule has 0 atom stereocenters. The van der Waals surface area contributed by atoms with Crippen LogP contribution in [-0.2, 0) is 10.5 Å². The molecule has 0 saturated carbocycles. The zero-order chi connectivity index (χ0) is 13.1. The van der Waals surface area contributed by atoms with Crippen molar-refractivity contribution in [2.24, 2.45) is 0 Å². The Morgan fingerprint density at radius 3 is 2.65 bits per heavy atom. The number of aryl methyl sites for hydroxylation is 1. The molecule has 3 nitrogen and oxygen atoms in total. The number of ether oxygens (including phenoxy) is 1. The third-order valence-electron chi connectivity index (χ3n) is 2.54. The molecule has 1 rings (SSSR count). The predicted octanol–water partition coefficient (Wildman–Crippen LogP) is 3.10. The van der Waals surface area contributed by atoms with Gasteiger partial charge in [-0.2, -0.15) is 0 Å². The number of carboxylic acid groups (broad SMARTS) is 1. The van der Waals surface area contributed by atoms with E-state index in [0.717, 1.165) is 16.9 Å². The highest BCUT2D eigenvalue weighted by atomic mass is 32.2. The Morgan fingerprint density at radius 1 is 1.47 bits per heavy atom. The molecule has 0 saturated heterocycles. The maximum Gasteiger partial charge on any atom is 0.319 e. The van der Waals surface area contributed by atoms with Crippen molar-refractivity contribution >= 4 is 17.7 Å². The number of hydrogen-bond acceptors (Lipinski definition) is 3. The Hall–Kier alpha value is -1.16. The van der Waals surface area contributed by atoms with Gasteiger partial charge in [-0.1, -0.05) is 17.7 Å². The van der Waals surface area contributed by atoms with Gasteiger partial charge in [-0.15, -0.1) is 11.8 Å². The van der Waals surface area contributed by atoms with Gasteiger partial charge in [0.15, 0.2) is 0 Å². The third-order valence-corrected chi connectivity index (χ3v) is 3.89. The second-order valence-electron chi connectivity index (χ2n) is 4.42. The molecular formula is C13H18O3S. The minimum Gasteiger partial charge on any atom is -0.496 e. The smallest absolute Gasteiger partial charge is 0.319 e. The van der Waals surface area contributed by atoms with Crippen LogP contribution in [0.3, 0.4) is 0 Å². The van der Waals surface area contributed by atoms with E-state index in [1.165, 1.54) is 11.8 Å². The maximum absolute atomic E-state index is 11.0. The van der Waals surface area contributed by atoms with E-state index in [-0.39, 0.29) is 0 Å². The van der Waals surface area contributed by atoms with Crippen molar-refractivity contribution in [1.82, 2.24) is 0 Å². The van der Waals surface area contributed by atoms with E-state index in [9.17, 15) is 4.79 Å². The van der Waals surface area contributed by atoms with Crippen LogP contribution in [0.4, 0.5) is 0 Å². The first-order valence-electron chi connectivity index (χ1n) is 5.37. The van der Waals surface area contributed by atoms with Crippen molar-refractivity contribution in [1.29, 1.82) is 0 Å². The molecule has 0 fully saturated rings. The average molecular weight is 254 g/mol. The van der Waals surface area contributed by atoms with E-state index < -0.39 is 10.7 Å². The minimum atomic E-state index is -0.797. The third kappa shape index (κ3) is 3.66. The van der Waals surface area contributed by atoms with Gasteiger partial charge in [0.1, 0.15) is 10.5 Å². The van der Waals surface area contributed by atoms with Gasteiger partial charge in [-0.25, -0.2) is 0 Å². The van der Waals surface area contributed by atoms with Gasteiger partial charge >= 0.3 is 5.97 Å². The molecule has 0 aliphatic rings. The molecule has 0 unspecified atom stereocenters. The number of benzene rings is 1. The lowest BCUT2D eigenvalue weighted by Gasteiger charge is -2.19. The van der Waals surface area contributed by atoms with Crippen molar-refractivity contribution in [2.75, 3.05) is 7.11 Å². The van der Waals surface area contributed by atoms with Gasteiger partial charge in [0.05, 0.1) is 7.11 Å². The summed E-state index contributed by atoms with van der Waals surface area (Å²) in [4.78, 5) is 11.0. The SMILES string of the molecule is COc1ccc(C)cc1CSC(C)(C)C(=O)O. The molecule has 1 aromatic carbocycles. The van der Waals surface area contributed by atoms with Crippen LogP contribution in [0.25, 0.3) is 0 Å². The van der Waals surface area contributed by atoms with Gasteiger partial charge in [0.25, 0.3) is 0 Å². The Balaban J connectivity index is 2.81. The summed E-state index contributed by atoms with van der Waals surface area (Å²) in [5.74, 6) is 0.642. The Bertz CT molecular complexity index is 413. The number of hydrogen-bond donors (Lipinski definition) is 1. The van der Waals surface area contributed by atoms with Crippen LogP contribution in [0.5, 0.6) is 5.75 Å². The number of carbonyl (C=O) groups is 1. The van der Waals surface area contributed by atoms with Crippen molar-refractivity contribution < 1.29 is 14.6 Å². The fourth-order valence-electron chi connectivity index (χ4n) is 1.34. The molecule has 0 amide bonds. The molecule has 0 aliphatic carbocycles. The first-order valence-corrected chi connectivity index (χ1v) is 6.36. The number of rotatable bonds is 5. The van der Waals surface area contributed by atoms with E-state index in [1.807, 2.05) is 25.1 Å². The van der Waals surface area contributed by atoms with Crippen LogP contribution in [-0.4, -0.2) is 22.9 Å². The molecule has 0 heterocycles. The lowest BCUT2D eigenvalue weighted by atomic mass is 10.1. The van der Waals surface area contributed by atoms with Crippen LogP contribution in [0.2, 0.25) is 0 Å². The zero-order valence-corrected chi connectivity index (χ0v) is 11.4. The van der Waals surface area contributed by atoms with Gasteiger partial charge in [0.2, 0.25) is 0 Å². The lowest BCUT2D eigenvalue weighted by Crippen LogP contribution is -2.27. The Morgan fingerprint density at radius 2 is 2.12 bits per heavy atom. The van der Waals surface area contributed by atoms with Crippen molar-refractivity contribution in [3.63, 3.8) is 0 Å². The van der Waals surface area contributed by atoms with Crippen molar-refractivity contribution in [3.8, 4) is 5.75 Å². The minimum absolute atomic E-state index is 0.629. The highest BCUT2D eigenvalue weighted by Gasteiger charge is 2.27. The molecule has 4 heteroatoms. The second kappa shape index (κ2) is 5.45. The van der Waals surface area contributed by atoms with Crippen molar-refractivity contribution in [2.45, 2.75) is 31.3 Å². The van der Waals surface area contributed by atoms with Crippen molar-refractivity contribution in [3.05, 3.63) is 29.3 Å². The van der Waals surface area contributed by atoms with E-state index >= 15 is 0 Å². The normalized spacial score (nSPS) is 11.3. The number of aliphatic carboxylic acids is 1. The van der Waals surface area contributed by atoms with Gasteiger partial charge in [0, 0.05) is 11.3 Å². The van der Waals surface area contributed by atoms with Crippen LogP contribution in [0.15, 0.2) is 18.2 Å². The quantitative estimate of drug-likeness (QED) is 0.877. The summed E-state index contributed by atoms with van der Waals surface area (Å²) in [5.41, 5.74) is 2.18. The zero-order valence-electron chi connectivity index (χ0n) is 10.6. The van der Waals surface area contributed by atoms with E-state index in [4.69, 9.17) is 9.84 Å². The summed E-state index contributed by atoms with van der Waals surface area (Å²) in [6, 6.07) is 5.93. The predicted molar refractivity (Wildman–Crippen MR) is 70.7 cm³/mol. The Labute approximate surface area is 106 Å². The van der Waals surface area contributed by atoms with Crippen LogP contribution in [0, 0.1) is 6.92 Å². The van der Waals surface area contributed by atoms with Crippen LogP contribution < -0.4 is 4.74 Å². The van der Waals surface area contributed by atoms with E-state index in [2.05, 4.69) is 0 Å². The fourth-order valence-corrected chi connectivity index (χ4v) is 2.21. The monoisotopic (exact) mass is 254 g/mol. The molecule has 0 radical (unpaired) electrons. The molecule has 94 valence electrons. The standard InChI is InChI=1S/C13H18O3S/c1-9-5-6-11(16-4)10(7-9)8-17-13(2,3)12(14)15/h5-7H,8H2,1-4H3,(H,14,15). The molecule has 0 spiro atoms. The average Bonchev–Trinajstić information content (AvgIpc) is 2.26. The first kappa shape index (κ1) is 13.9. The number of carboxylic acids is 1. The van der Waals surface area contributed by atoms with E-state index in [0.29, 0.717) is 5.75 Å². The molecule has 1 N–H and O–H groups in total. The second-order valence-corrected chi connectivity index (χ2v) is 6.02. The van der Waals surface area contributed by atoms with Gasteiger partial charge in [-0.05, 0) is 26.8 Å². The maximum atomic E-state index is 11.0. The van der Waals surface area contributed by atoms with Gasteiger partial charge in [-0.3, -0.25) is 4.79 Å². The lowest BCUT2D eigenvalue weighted by molar-refractivity contribution is -0.138. The topological polar surface area (TPSA) is 46.5 Å². The largest absolute Gasteiger partial charge is 0.496 e. The summed E-state index contributed by atoms with van der Waals surface area (Å²) in [7, 11) is 1.63. The summed E-state index contributed by atoms with van der Waals surface area (Å²) >= 11 is 1.40. The molecule has 0 bridgehead atoms. The summed E-state index contributed by atoms with van der Waals surface area (Å²) < 4.78 is 4.48. The van der Waals surface area contributed by atoms with Crippen LogP contribution >= 0.6 is 11.8 Å². The summed E-state index contributed by atoms with van der Waals surface area (Å²) in [5, 5.41) is 9.05. The first-order chi connectivity index (χ1) is 7.86.